The Labute approximate surface area is 103 Å². The maximum atomic E-state index is 8.52. The van der Waals surface area contributed by atoms with E-state index in [1.54, 1.807) is 21.3 Å². The molecule has 1 aromatic rings. The van der Waals surface area contributed by atoms with E-state index in [4.69, 9.17) is 18.5 Å². The number of nitrogens with zero attached hydrogens (tertiary/aromatic N) is 1. The molecule has 0 saturated heterocycles. The van der Waals surface area contributed by atoms with Crippen molar-refractivity contribution in [2.45, 2.75) is 12.8 Å². The van der Waals surface area contributed by atoms with Gasteiger partial charge in [-0.05, 0) is 12.0 Å². The fourth-order valence-electron chi connectivity index (χ4n) is 1.68. The van der Waals surface area contributed by atoms with Gasteiger partial charge >= 0.3 is 8.80 Å². The lowest BCUT2D eigenvalue weighted by Crippen LogP contribution is -2.54. The first-order valence-corrected chi connectivity index (χ1v) is 7.06. The van der Waals surface area contributed by atoms with Crippen LogP contribution in [0.15, 0.2) is 24.3 Å². The third-order valence-corrected chi connectivity index (χ3v) is 5.29. The first kappa shape index (κ1) is 13.9. The average Bonchev–Trinajstić information content (AvgIpc) is 2.40. The molecule has 4 nitrogen and oxygen atoms in total. The van der Waals surface area contributed by atoms with Crippen molar-refractivity contribution in [3.63, 3.8) is 0 Å². The average molecular weight is 251 g/mol. The summed E-state index contributed by atoms with van der Waals surface area (Å²) in [6.07, 6.45) is 1.29. The predicted octanol–water partition coefficient (Wildman–Crippen LogP) is 1.23. The number of hydrogen-bond donors (Lipinski definition) is 0. The van der Waals surface area contributed by atoms with Gasteiger partial charge in [-0.3, -0.25) is 0 Å². The molecule has 0 aliphatic heterocycles. The highest BCUT2D eigenvalue weighted by Crippen LogP contribution is 2.09. The second-order valence-electron chi connectivity index (χ2n) is 3.52. The van der Waals surface area contributed by atoms with E-state index in [0.717, 1.165) is 17.2 Å². The van der Waals surface area contributed by atoms with Crippen LogP contribution >= 0.6 is 0 Å². The van der Waals surface area contributed by atoms with Crippen LogP contribution < -0.4 is 5.19 Å². The molecule has 1 aromatic carbocycles. The topological polar surface area (TPSA) is 51.5 Å². The van der Waals surface area contributed by atoms with Gasteiger partial charge in [0.15, 0.2) is 0 Å². The molecular formula is C12H17NO3Si. The Balaban J connectivity index is 2.89. The van der Waals surface area contributed by atoms with E-state index in [0.29, 0.717) is 6.42 Å². The molecule has 0 fully saturated rings. The Kier molecular flexibility index (Phi) is 5.32. The van der Waals surface area contributed by atoms with Gasteiger partial charge in [0.2, 0.25) is 0 Å². The summed E-state index contributed by atoms with van der Waals surface area (Å²) >= 11 is 0. The monoisotopic (exact) mass is 251 g/mol. The van der Waals surface area contributed by atoms with Gasteiger partial charge in [-0.25, -0.2) is 0 Å². The fraction of sp³-hybridized carbons (Fsp3) is 0.417. The van der Waals surface area contributed by atoms with Gasteiger partial charge in [0.1, 0.15) is 0 Å². The van der Waals surface area contributed by atoms with E-state index < -0.39 is 8.80 Å². The van der Waals surface area contributed by atoms with Gasteiger partial charge in [0.25, 0.3) is 0 Å². The molecule has 0 bridgehead atoms. The van der Waals surface area contributed by atoms with Crippen LogP contribution in [-0.2, 0) is 19.7 Å². The predicted molar refractivity (Wildman–Crippen MR) is 66.8 cm³/mol. The minimum absolute atomic E-state index is 0.529. The Morgan fingerprint density at radius 1 is 1.06 bits per heavy atom. The van der Waals surface area contributed by atoms with Crippen molar-refractivity contribution in [3.8, 4) is 6.07 Å². The number of nitriles is 1. The van der Waals surface area contributed by atoms with Crippen molar-refractivity contribution >= 4 is 14.0 Å². The zero-order valence-corrected chi connectivity index (χ0v) is 11.4. The molecule has 5 heteroatoms. The van der Waals surface area contributed by atoms with Gasteiger partial charge < -0.3 is 13.3 Å². The zero-order valence-electron chi connectivity index (χ0n) is 10.4. The van der Waals surface area contributed by atoms with Crippen molar-refractivity contribution in [2.24, 2.45) is 0 Å². The molecule has 92 valence electrons. The number of aryl methyl sites for hydroxylation is 1. The molecule has 17 heavy (non-hydrogen) atoms. The number of benzene rings is 1. The summed E-state index contributed by atoms with van der Waals surface area (Å²) in [5.74, 6) is 0. The second kappa shape index (κ2) is 6.52. The largest absolute Gasteiger partial charge is 0.536 e. The highest BCUT2D eigenvalue weighted by Gasteiger charge is 2.40. The lowest BCUT2D eigenvalue weighted by molar-refractivity contribution is 0.140. The van der Waals surface area contributed by atoms with E-state index in [9.17, 15) is 0 Å². The second-order valence-corrected chi connectivity index (χ2v) is 6.44. The van der Waals surface area contributed by atoms with Crippen LogP contribution in [0.4, 0.5) is 0 Å². The summed E-state index contributed by atoms with van der Waals surface area (Å²) in [6, 6.07) is 9.96. The minimum Gasteiger partial charge on any atom is -0.373 e. The van der Waals surface area contributed by atoms with Crippen LogP contribution in [0.5, 0.6) is 0 Å². The third-order valence-electron chi connectivity index (χ3n) is 2.64. The SMILES string of the molecule is CO[Si](OC)(OC)c1ccc(CCC#N)cc1. The van der Waals surface area contributed by atoms with Crippen molar-refractivity contribution in [1.29, 1.82) is 5.26 Å². The third kappa shape index (κ3) is 3.14. The molecule has 0 saturated carbocycles. The molecule has 0 amide bonds. The first-order chi connectivity index (χ1) is 8.22. The quantitative estimate of drug-likeness (QED) is 0.714. The lowest BCUT2D eigenvalue weighted by Gasteiger charge is -2.24. The standard InChI is InChI=1S/C12H17NO3Si/c1-14-17(15-2,16-3)12-8-6-11(7-9-12)5-4-10-13/h6-9H,4-5H2,1-3H3. The maximum Gasteiger partial charge on any atom is 0.536 e. The molecule has 1 rings (SSSR count). The molecule has 0 heterocycles. The van der Waals surface area contributed by atoms with Crippen molar-refractivity contribution in [3.05, 3.63) is 29.8 Å². The van der Waals surface area contributed by atoms with E-state index in [1.165, 1.54) is 0 Å². The Hall–Kier alpha value is -1.19. The van der Waals surface area contributed by atoms with Crippen molar-refractivity contribution < 1.29 is 13.3 Å². The molecular weight excluding hydrogens is 234 g/mol. The van der Waals surface area contributed by atoms with Crippen LogP contribution in [0.2, 0.25) is 0 Å². The molecule has 0 radical (unpaired) electrons. The molecule has 0 N–H and O–H groups in total. The molecule has 0 atom stereocenters. The van der Waals surface area contributed by atoms with Crippen molar-refractivity contribution in [2.75, 3.05) is 21.3 Å². The van der Waals surface area contributed by atoms with Crippen LogP contribution in [0.25, 0.3) is 0 Å². The Bertz CT molecular complexity index is 373. The van der Waals surface area contributed by atoms with E-state index in [1.807, 2.05) is 24.3 Å². The Morgan fingerprint density at radius 2 is 1.59 bits per heavy atom. The summed E-state index contributed by atoms with van der Waals surface area (Å²) in [7, 11) is 2.05. The number of rotatable bonds is 6. The van der Waals surface area contributed by atoms with Crippen LogP contribution in [-0.4, -0.2) is 30.1 Å². The molecule has 0 aliphatic carbocycles. The molecule has 0 unspecified atom stereocenters. The smallest absolute Gasteiger partial charge is 0.373 e. The fourth-order valence-corrected chi connectivity index (χ4v) is 3.46. The Morgan fingerprint density at radius 3 is 2.00 bits per heavy atom. The van der Waals surface area contributed by atoms with Gasteiger partial charge in [-0.1, -0.05) is 24.3 Å². The van der Waals surface area contributed by atoms with Crippen LogP contribution in [0.1, 0.15) is 12.0 Å². The summed E-state index contributed by atoms with van der Waals surface area (Å²) in [6.45, 7) is 0. The van der Waals surface area contributed by atoms with Gasteiger partial charge in [-0.2, -0.15) is 5.26 Å². The van der Waals surface area contributed by atoms with Gasteiger partial charge in [0, 0.05) is 32.9 Å². The zero-order chi connectivity index (χ0) is 12.7. The van der Waals surface area contributed by atoms with Crippen LogP contribution in [0, 0.1) is 11.3 Å². The first-order valence-electron chi connectivity index (χ1n) is 5.34. The van der Waals surface area contributed by atoms with Crippen LogP contribution in [0.3, 0.4) is 0 Å². The maximum absolute atomic E-state index is 8.52. The molecule has 0 spiro atoms. The lowest BCUT2D eigenvalue weighted by atomic mass is 10.1. The molecule has 0 aromatic heterocycles. The summed E-state index contributed by atoms with van der Waals surface area (Å²) < 4.78 is 16.2. The minimum atomic E-state index is -2.71. The molecule has 0 aliphatic rings. The number of hydrogen-bond acceptors (Lipinski definition) is 4. The van der Waals surface area contributed by atoms with E-state index in [-0.39, 0.29) is 0 Å². The highest BCUT2D eigenvalue weighted by atomic mass is 28.4. The normalized spacial score (nSPS) is 11.2. The summed E-state index contributed by atoms with van der Waals surface area (Å²) in [5.41, 5.74) is 1.13. The van der Waals surface area contributed by atoms with E-state index >= 15 is 0 Å². The summed E-state index contributed by atoms with van der Waals surface area (Å²) in [5, 5.41) is 9.44. The highest BCUT2D eigenvalue weighted by molar-refractivity contribution is 6.75. The van der Waals surface area contributed by atoms with E-state index in [2.05, 4.69) is 6.07 Å². The van der Waals surface area contributed by atoms with Gasteiger partial charge in [-0.15, -0.1) is 0 Å². The van der Waals surface area contributed by atoms with Gasteiger partial charge in [0.05, 0.1) is 6.07 Å². The van der Waals surface area contributed by atoms with Crippen molar-refractivity contribution in [1.82, 2.24) is 0 Å². The summed E-state index contributed by atoms with van der Waals surface area (Å²) in [4.78, 5) is 0.